The Morgan fingerprint density at radius 3 is 2.83 bits per heavy atom. The number of rotatable bonds is 3. The lowest BCUT2D eigenvalue weighted by molar-refractivity contribution is -0.132. The molecule has 0 aliphatic heterocycles. The number of hydrogen-bond donors (Lipinski definition) is 4. The van der Waals surface area contributed by atoms with Crippen LogP contribution in [0.15, 0.2) is 6.33 Å². The molecule has 0 radical (unpaired) electrons. The summed E-state index contributed by atoms with van der Waals surface area (Å²) in [4.78, 5) is 24.8. The summed E-state index contributed by atoms with van der Waals surface area (Å²) in [5.74, 6) is 0.0336. The molecule has 0 saturated heterocycles. The maximum absolute atomic E-state index is 12.2. The Labute approximate surface area is 142 Å². The maximum Gasteiger partial charge on any atom is 0.229 e. The normalized spacial score (nSPS) is 34.2. The molecule has 10 heteroatoms. The second-order valence-electron chi connectivity index (χ2n) is 6.27. The molecule has 5 atom stereocenters. The predicted molar refractivity (Wildman–Crippen MR) is 85.5 cm³/mol. The number of nitrogens with zero attached hydrogens (tertiary/aromatic N) is 4. The highest BCUT2D eigenvalue weighted by Gasteiger charge is 2.75. The van der Waals surface area contributed by atoms with Gasteiger partial charge in [0.1, 0.15) is 6.10 Å². The second kappa shape index (κ2) is 5.01. The van der Waals surface area contributed by atoms with Crippen LogP contribution in [0.3, 0.4) is 0 Å². The smallest absolute Gasteiger partial charge is 0.229 e. The van der Waals surface area contributed by atoms with Crippen molar-refractivity contribution in [2.24, 2.45) is 11.3 Å². The van der Waals surface area contributed by atoms with Crippen LogP contribution in [0.1, 0.15) is 12.5 Å². The summed E-state index contributed by atoms with van der Waals surface area (Å²) >= 11 is 5.97. The third-order valence-corrected chi connectivity index (χ3v) is 5.44. The third kappa shape index (κ3) is 1.77. The Kier molecular flexibility index (Phi) is 3.25. The first-order valence-corrected chi connectivity index (χ1v) is 7.99. The molecule has 2 fully saturated rings. The molecule has 0 aromatic carbocycles. The largest absolute Gasteiger partial charge is 0.389 e. The number of anilines is 1. The molecule has 9 nitrogen and oxygen atoms in total. The number of fused-ring (bicyclic) bond motifs is 2. The molecule has 1 amide bonds. The van der Waals surface area contributed by atoms with Gasteiger partial charge >= 0.3 is 0 Å². The van der Waals surface area contributed by atoms with E-state index >= 15 is 0 Å². The van der Waals surface area contributed by atoms with Gasteiger partial charge in [0.05, 0.1) is 23.9 Å². The molecule has 1 unspecified atom stereocenters. The van der Waals surface area contributed by atoms with Crippen LogP contribution in [0.5, 0.6) is 0 Å². The first kappa shape index (κ1) is 15.6. The second-order valence-corrected chi connectivity index (χ2v) is 6.61. The first-order chi connectivity index (χ1) is 11.5. The molecule has 128 valence electrons. The van der Waals surface area contributed by atoms with Crippen LogP contribution in [0, 0.1) is 11.3 Å². The van der Waals surface area contributed by atoms with Crippen LogP contribution in [0.4, 0.5) is 5.82 Å². The van der Waals surface area contributed by atoms with Crippen molar-refractivity contribution in [3.05, 3.63) is 11.6 Å². The van der Waals surface area contributed by atoms with Gasteiger partial charge in [-0.05, 0) is 18.0 Å². The zero-order valence-corrected chi connectivity index (χ0v) is 13.8. The highest BCUT2D eigenvalue weighted by atomic mass is 35.5. The van der Waals surface area contributed by atoms with E-state index in [4.69, 9.17) is 11.6 Å². The molecule has 0 spiro atoms. The standard InChI is InChI=1S/C14H17ClN6O3/c1-16-10-6-11(20-13(15)19-10)21(4-18-6)7-5-3-14(5,12(24)17-2)9(23)8(7)22/h4-5,7-9,22-23H,3H2,1-2H3,(H,17,24)(H,16,19,20)/t5?,7-,8+,9+,14+/m1/s1. The first-order valence-electron chi connectivity index (χ1n) is 7.61. The summed E-state index contributed by atoms with van der Waals surface area (Å²) in [7, 11) is 3.22. The van der Waals surface area contributed by atoms with Crippen molar-refractivity contribution >= 4 is 34.5 Å². The highest BCUT2D eigenvalue weighted by molar-refractivity contribution is 6.28. The van der Waals surface area contributed by atoms with Crippen molar-refractivity contribution in [2.75, 3.05) is 19.4 Å². The summed E-state index contributed by atoms with van der Waals surface area (Å²) < 4.78 is 1.68. The van der Waals surface area contributed by atoms with E-state index in [9.17, 15) is 15.0 Å². The quantitative estimate of drug-likeness (QED) is 0.551. The van der Waals surface area contributed by atoms with Gasteiger partial charge in [-0.2, -0.15) is 9.97 Å². The van der Waals surface area contributed by atoms with Crippen molar-refractivity contribution in [3.63, 3.8) is 0 Å². The lowest BCUT2D eigenvalue weighted by atomic mass is 9.98. The van der Waals surface area contributed by atoms with Gasteiger partial charge in [0.25, 0.3) is 0 Å². The molecule has 2 saturated carbocycles. The fourth-order valence-corrected chi connectivity index (χ4v) is 4.23. The Hall–Kier alpha value is -1.97. The van der Waals surface area contributed by atoms with Gasteiger partial charge < -0.3 is 25.4 Å². The number of aliphatic hydroxyl groups is 2. The van der Waals surface area contributed by atoms with Gasteiger partial charge in [0.2, 0.25) is 11.2 Å². The Bertz CT molecular complexity index is 841. The van der Waals surface area contributed by atoms with E-state index in [0.29, 0.717) is 23.4 Å². The molecule has 2 aliphatic carbocycles. The van der Waals surface area contributed by atoms with Gasteiger partial charge in [0.15, 0.2) is 17.0 Å². The van der Waals surface area contributed by atoms with Crippen LogP contribution in [0.2, 0.25) is 5.28 Å². The molecular formula is C14H17ClN6O3. The van der Waals surface area contributed by atoms with Crippen molar-refractivity contribution in [2.45, 2.75) is 24.7 Å². The lowest BCUT2D eigenvalue weighted by Crippen LogP contribution is -2.41. The van der Waals surface area contributed by atoms with Crippen LogP contribution < -0.4 is 10.6 Å². The Balaban J connectivity index is 1.82. The van der Waals surface area contributed by atoms with Gasteiger partial charge in [-0.15, -0.1) is 0 Å². The Morgan fingerprint density at radius 1 is 1.42 bits per heavy atom. The van der Waals surface area contributed by atoms with E-state index in [1.807, 2.05) is 0 Å². The maximum atomic E-state index is 12.2. The van der Waals surface area contributed by atoms with E-state index in [1.165, 1.54) is 13.4 Å². The van der Waals surface area contributed by atoms with Crippen molar-refractivity contribution < 1.29 is 15.0 Å². The van der Waals surface area contributed by atoms with Gasteiger partial charge in [-0.25, -0.2) is 4.98 Å². The minimum absolute atomic E-state index is 0.0509. The molecule has 2 aliphatic rings. The number of carbonyl (C=O) groups is 1. The molecule has 2 aromatic heterocycles. The molecule has 2 aromatic rings. The number of aromatic nitrogens is 4. The number of imidazole rings is 1. The van der Waals surface area contributed by atoms with E-state index in [2.05, 4.69) is 25.6 Å². The molecule has 4 N–H and O–H groups in total. The zero-order valence-electron chi connectivity index (χ0n) is 13.1. The molecule has 24 heavy (non-hydrogen) atoms. The van der Waals surface area contributed by atoms with E-state index < -0.39 is 23.7 Å². The summed E-state index contributed by atoms with van der Waals surface area (Å²) in [6, 6.07) is -0.502. The van der Waals surface area contributed by atoms with Crippen molar-refractivity contribution in [1.29, 1.82) is 0 Å². The summed E-state index contributed by atoms with van der Waals surface area (Å²) in [6.07, 6.45) is -0.182. The van der Waals surface area contributed by atoms with E-state index in [1.54, 1.807) is 11.6 Å². The zero-order chi connectivity index (χ0) is 17.2. The molecule has 0 bridgehead atoms. The van der Waals surface area contributed by atoms with Crippen molar-refractivity contribution in [1.82, 2.24) is 24.8 Å². The topological polar surface area (TPSA) is 125 Å². The number of hydrogen-bond acceptors (Lipinski definition) is 7. The highest BCUT2D eigenvalue weighted by Crippen LogP contribution is 2.67. The molecule has 2 heterocycles. The van der Waals surface area contributed by atoms with Gasteiger partial charge in [-0.3, -0.25) is 4.79 Å². The van der Waals surface area contributed by atoms with Crippen LogP contribution >= 0.6 is 11.6 Å². The number of carbonyl (C=O) groups excluding carboxylic acids is 1. The fourth-order valence-electron chi connectivity index (χ4n) is 4.07. The summed E-state index contributed by atoms with van der Waals surface area (Å²) in [5, 5.41) is 26.5. The van der Waals surface area contributed by atoms with Crippen LogP contribution in [-0.4, -0.2) is 61.9 Å². The number of amides is 1. The number of aliphatic hydroxyl groups excluding tert-OH is 2. The van der Waals surface area contributed by atoms with E-state index in [-0.39, 0.29) is 17.1 Å². The predicted octanol–water partition coefficient (Wildman–Crippen LogP) is -0.450. The average Bonchev–Trinajstić information content (AvgIpc) is 3.12. The van der Waals surface area contributed by atoms with Crippen LogP contribution in [-0.2, 0) is 4.79 Å². The SMILES string of the molecule is CNC(=O)[C@@]12CC1[C@@H](n1cnc3c(NC)nc(Cl)nc31)[C@H](O)[C@@H]2O. The minimum atomic E-state index is -1.13. The fraction of sp³-hybridized carbons (Fsp3) is 0.571. The van der Waals surface area contributed by atoms with Gasteiger partial charge in [-0.1, -0.05) is 0 Å². The summed E-state index contributed by atoms with van der Waals surface area (Å²) in [5.41, 5.74) is 0.0230. The third-order valence-electron chi connectivity index (χ3n) is 5.27. The van der Waals surface area contributed by atoms with Crippen LogP contribution in [0.25, 0.3) is 11.2 Å². The lowest BCUT2D eigenvalue weighted by Gasteiger charge is -2.23. The number of halogens is 1. The Morgan fingerprint density at radius 2 is 2.17 bits per heavy atom. The average molecular weight is 353 g/mol. The monoisotopic (exact) mass is 352 g/mol. The van der Waals surface area contributed by atoms with Crippen molar-refractivity contribution in [3.8, 4) is 0 Å². The van der Waals surface area contributed by atoms with Gasteiger partial charge in [0, 0.05) is 20.0 Å². The number of nitrogens with one attached hydrogen (secondary N) is 2. The molecular weight excluding hydrogens is 336 g/mol. The van der Waals surface area contributed by atoms with E-state index in [0.717, 1.165) is 0 Å². The summed E-state index contributed by atoms with van der Waals surface area (Å²) in [6.45, 7) is 0. The molecule has 4 rings (SSSR count). The minimum Gasteiger partial charge on any atom is -0.389 e.